The monoisotopic (exact) mass is 477 g/mol. The van der Waals surface area contributed by atoms with Crippen molar-refractivity contribution >= 4 is 47.0 Å². The van der Waals surface area contributed by atoms with Gasteiger partial charge in [-0.15, -0.1) is 0 Å². The summed E-state index contributed by atoms with van der Waals surface area (Å²) >= 11 is 6.37. The zero-order valence-corrected chi connectivity index (χ0v) is 17.9. The number of hydrogen-bond acceptors (Lipinski definition) is 3. The van der Waals surface area contributed by atoms with Crippen LogP contribution in [0.25, 0.3) is 0 Å². The van der Waals surface area contributed by atoms with Gasteiger partial charge in [-0.1, -0.05) is 0 Å². The van der Waals surface area contributed by atoms with E-state index < -0.39 is 22.0 Å². The molecule has 0 saturated carbocycles. The maximum absolute atomic E-state index is 13.2. The van der Waals surface area contributed by atoms with Gasteiger partial charge in [0.05, 0.1) is 0 Å². The fraction of sp³-hybridized carbons (Fsp3) is 0.0952. The Morgan fingerprint density at radius 2 is 1.54 bits per heavy atom. The van der Waals surface area contributed by atoms with E-state index in [2.05, 4.69) is 0 Å². The fourth-order valence-corrected chi connectivity index (χ4v) is 7.60. The van der Waals surface area contributed by atoms with Crippen molar-refractivity contribution in [2.45, 2.75) is 16.3 Å². The normalized spacial score (nSPS) is 16.0. The van der Waals surface area contributed by atoms with Crippen LogP contribution in [-0.2, 0) is 10.0 Å². The summed E-state index contributed by atoms with van der Waals surface area (Å²) in [5.74, 6) is -0.496. The molecule has 1 heterocycles. The molecule has 0 saturated heterocycles. The number of nitrogens with zero attached hydrogens (tertiary/aromatic N) is 1. The van der Waals surface area contributed by atoms with Gasteiger partial charge in [0.25, 0.3) is 0 Å². The van der Waals surface area contributed by atoms with Crippen LogP contribution in [0.15, 0.2) is 83.8 Å². The predicted molar refractivity (Wildman–Crippen MR) is 111 cm³/mol. The number of carbonyl (C=O) groups excluding carboxylic acids is 1. The van der Waals surface area contributed by atoms with Crippen LogP contribution in [0.1, 0.15) is 22.0 Å². The third-order valence-electron chi connectivity index (χ3n) is 4.55. The molecular formula is C21H16ClNO3SSe. The first-order valence-corrected chi connectivity index (χ1v) is 12.5. The van der Waals surface area contributed by atoms with Gasteiger partial charge in [-0.2, -0.15) is 0 Å². The van der Waals surface area contributed by atoms with Crippen molar-refractivity contribution in [2.24, 2.45) is 0 Å². The van der Waals surface area contributed by atoms with Crippen LogP contribution in [-0.4, -0.2) is 33.6 Å². The van der Waals surface area contributed by atoms with Gasteiger partial charge >= 0.3 is 176 Å². The molecule has 0 radical (unpaired) electrons. The zero-order chi connectivity index (χ0) is 19.7. The standard InChI is InChI=1S/C21H16ClNO3SSe/c22-18-12-6-4-10-16(18)19(14-28-15-8-2-1-3-9-15)23-21(24)17-11-5-7-13-20(17)27(23,25)26/h1-13,19H,14H2. The van der Waals surface area contributed by atoms with Crippen LogP contribution in [0.3, 0.4) is 0 Å². The second kappa shape index (κ2) is 7.72. The number of sulfonamides is 1. The molecule has 1 unspecified atom stereocenters. The molecule has 0 aromatic heterocycles. The Kier molecular flexibility index (Phi) is 5.30. The molecule has 1 aliphatic heterocycles. The zero-order valence-electron chi connectivity index (χ0n) is 14.7. The van der Waals surface area contributed by atoms with E-state index in [9.17, 15) is 13.2 Å². The van der Waals surface area contributed by atoms with E-state index in [1.807, 2.05) is 36.4 Å². The number of hydrogen-bond donors (Lipinski definition) is 0. The first-order valence-electron chi connectivity index (χ1n) is 8.60. The molecule has 1 aliphatic rings. The molecule has 3 aromatic carbocycles. The Morgan fingerprint density at radius 1 is 0.893 bits per heavy atom. The average Bonchev–Trinajstić information content (AvgIpc) is 2.91. The van der Waals surface area contributed by atoms with Gasteiger partial charge in [0.2, 0.25) is 0 Å². The van der Waals surface area contributed by atoms with Gasteiger partial charge in [0, 0.05) is 0 Å². The fourth-order valence-electron chi connectivity index (χ4n) is 3.23. The predicted octanol–water partition coefficient (Wildman–Crippen LogP) is 3.67. The van der Waals surface area contributed by atoms with E-state index in [1.165, 1.54) is 6.07 Å². The number of fused-ring (bicyclic) bond motifs is 1. The van der Waals surface area contributed by atoms with Gasteiger partial charge in [0.1, 0.15) is 0 Å². The van der Waals surface area contributed by atoms with E-state index in [4.69, 9.17) is 11.6 Å². The summed E-state index contributed by atoms with van der Waals surface area (Å²) < 4.78 is 28.6. The molecular weight excluding hydrogens is 461 g/mol. The van der Waals surface area contributed by atoms with E-state index in [-0.39, 0.29) is 25.4 Å². The summed E-state index contributed by atoms with van der Waals surface area (Å²) in [5, 5.41) is 0.954. The van der Waals surface area contributed by atoms with Gasteiger partial charge < -0.3 is 0 Å². The first-order chi connectivity index (χ1) is 13.5. The van der Waals surface area contributed by atoms with Crippen LogP contribution >= 0.6 is 11.6 Å². The number of rotatable bonds is 5. The molecule has 0 N–H and O–H groups in total. The third-order valence-corrected chi connectivity index (χ3v) is 9.03. The van der Waals surface area contributed by atoms with Crippen LogP contribution in [0, 0.1) is 0 Å². The van der Waals surface area contributed by atoms with Crippen molar-refractivity contribution in [3.05, 3.63) is 95.0 Å². The van der Waals surface area contributed by atoms with Crippen molar-refractivity contribution in [2.75, 3.05) is 0 Å². The van der Waals surface area contributed by atoms with Crippen LogP contribution in [0.4, 0.5) is 0 Å². The average molecular weight is 477 g/mol. The van der Waals surface area contributed by atoms with Gasteiger partial charge in [-0.25, -0.2) is 0 Å². The summed E-state index contributed by atoms with van der Waals surface area (Å²) in [6.45, 7) is 0. The second-order valence-electron chi connectivity index (χ2n) is 6.26. The number of carbonyl (C=O) groups is 1. The molecule has 28 heavy (non-hydrogen) atoms. The minimum absolute atomic E-state index is 0.0321. The van der Waals surface area contributed by atoms with Crippen molar-refractivity contribution in [3.63, 3.8) is 0 Å². The molecule has 4 rings (SSSR count). The van der Waals surface area contributed by atoms with Gasteiger partial charge in [-0.05, 0) is 0 Å². The molecule has 3 aromatic rings. The Labute approximate surface area is 175 Å². The SMILES string of the molecule is O=C1c2ccccc2S(=O)(=O)N1C(C[Se]c1ccccc1)c1ccccc1Cl. The number of halogens is 1. The quantitative estimate of drug-likeness (QED) is 0.528. The molecule has 142 valence electrons. The van der Waals surface area contributed by atoms with Crippen LogP contribution in [0.5, 0.6) is 0 Å². The molecule has 4 nitrogen and oxygen atoms in total. The maximum atomic E-state index is 13.2. The van der Waals surface area contributed by atoms with E-state index in [0.29, 0.717) is 15.9 Å². The van der Waals surface area contributed by atoms with Crippen molar-refractivity contribution in [1.29, 1.82) is 0 Å². The summed E-state index contributed by atoms with van der Waals surface area (Å²) in [6.07, 6.45) is 0. The Bertz CT molecular complexity index is 1140. The van der Waals surface area contributed by atoms with Gasteiger partial charge in [-0.3, -0.25) is 0 Å². The molecule has 0 aliphatic carbocycles. The van der Waals surface area contributed by atoms with E-state index in [1.54, 1.807) is 36.4 Å². The molecule has 1 amide bonds. The van der Waals surface area contributed by atoms with Crippen molar-refractivity contribution in [1.82, 2.24) is 4.31 Å². The summed E-state index contributed by atoms with van der Waals surface area (Å²) in [7, 11) is -3.93. The summed E-state index contributed by atoms with van der Waals surface area (Å²) in [5.41, 5.74) is 0.860. The van der Waals surface area contributed by atoms with E-state index >= 15 is 0 Å². The minimum atomic E-state index is -3.93. The molecule has 7 heteroatoms. The third kappa shape index (κ3) is 3.38. The van der Waals surface area contributed by atoms with Gasteiger partial charge in [0.15, 0.2) is 0 Å². The van der Waals surface area contributed by atoms with E-state index in [0.717, 1.165) is 8.77 Å². The first kappa shape index (κ1) is 19.2. The number of amides is 1. The Balaban J connectivity index is 1.78. The second-order valence-corrected chi connectivity index (χ2v) is 10.7. The Hall–Kier alpha value is -2.11. The van der Waals surface area contributed by atoms with Crippen LogP contribution in [0.2, 0.25) is 10.3 Å². The Morgan fingerprint density at radius 3 is 2.25 bits per heavy atom. The summed E-state index contributed by atoms with van der Waals surface area (Å²) in [6, 6.07) is 22.7. The topological polar surface area (TPSA) is 54.5 Å². The summed E-state index contributed by atoms with van der Waals surface area (Å²) in [4.78, 5) is 13.1. The number of benzene rings is 3. The van der Waals surface area contributed by atoms with Crippen LogP contribution < -0.4 is 4.46 Å². The molecule has 0 fully saturated rings. The molecule has 1 atom stereocenters. The molecule has 0 bridgehead atoms. The molecule has 0 spiro atoms. The van der Waals surface area contributed by atoms with Crippen molar-refractivity contribution in [3.8, 4) is 0 Å². The van der Waals surface area contributed by atoms with Crippen molar-refractivity contribution < 1.29 is 13.2 Å².